The van der Waals surface area contributed by atoms with Crippen molar-refractivity contribution in [2.45, 2.75) is 25.3 Å². The largest absolute Gasteiger partial charge is 0.325 e. The fraction of sp³-hybridized carbons (Fsp3) is 0.286. The summed E-state index contributed by atoms with van der Waals surface area (Å²) < 4.78 is 0. The summed E-state index contributed by atoms with van der Waals surface area (Å²) >= 11 is 1.78. The third-order valence-corrected chi connectivity index (χ3v) is 3.49. The standard InChI is InChI=1S/C14H17NS/c1-14(15,11-13-8-5-9-16-13)10-12-6-3-2-4-7-12/h2-9H,10-11,15H2,1H3. The van der Waals surface area contributed by atoms with Crippen LogP contribution in [0.25, 0.3) is 0 Å². The van der Waals surface area contributed by atoms with Crippen molar-refractivity contribution in [2.24, 2.45) is 5.73 Å². The molecule has 0 spiro atoms. The SMILES string of the molecule is CC(N)(Cc1ccccc1)Cc1cccs1. The van der Waals surface area contributed by atoms with Crippen molar-refractivity contribution in [1.82, 2.24) is 0 Å². The summed E-state index contributed by atoms with van der Waals surface area (Å²) in [6.45, 7) is 2.12. The van der Waals surface area contributed by atoms with Crippen LogP contribution in [-0.4, -0.2) is 5.54 Å². The van der Waals surface area contributed by atoms with Crippen molar-refractivity contribution in [3.05, 3.63) is 58.3 Å². The highest BCUT2D eigenvalue weighted by Crippen LogP contribution is 2.19. The molecule has 1 nitrogen and oxygen atoms in total. The first kappa shape index (κ1) is 11.4. The van der Waals surface area contributed by atoms with Gasteiger partial charge >= 0.3 is 0 Å². The van der Waals surface area contributed by atoms with Crippen molar-refractivity contribution >= 4 is 11.3 Å². The Bertz CT molecular complexity index is 417. The first-order valence-electron chi connectivity index (χ1n) is 5.51. The highest BCUT2D eigenvalue weighted by molar-refractivity contribution is 7.09. The maximum atomic E-state index is 6.35. The minimum Gasteiger partial charge on any atom is -0.325 e. The predicted octanol–water partition coefficient (Wildman–Crippen LogP) is 3.25. The molecule has 1 aromatic heterocycles. The molecular weight excluding hydrogens is 214 g/mol. The van der Waals surface area contributed by atoms with Gasteiger partial charge in [0.05, 0.1) is 0 Å². The summed E-state index contributed by atoms with van der Waals surface area (Å²) in [6, 6.07) is 14.7. The van der Waals surface area contributed by atoms with E-state index in [4.69, 9.17) is 5.73 Å². The molecule has 16 heavy (non-hydrogen) atoms. The third kappa shape index (κ3) is 3.19. The Hall–Kier alpha value is -1.12. The van der Waals surface area contributed by atoms with Crippen LogP contribution in [0.2, 0.25) is 0 Å². The highest BCUT2D eigenvalue weighted by Gasteiger charge is 2.19. The molecule has 2 rings (SSSR count). The first-order chi connectivity index (χ1) is 7.66. The Labute approximate surface area is 101 Å². The Balaban J connectivity index is 2.03. The van der Waals surface area contributed by atoms with Crippen LogP contribution >= 0.6 is 11.3 Å². The van der Waals surface area contributed by atoms with Crippen LogP contribution in [0, 0.1) is 0 Å². The fourth-order valence-electron chi connectivity index (χ4n) is 1.94. The topological polar surface area (TPSA) is 26.0 Å². The molecule has 1 atom stereocenters. The molecule has 2 heteroatoms. The quantitative estimate of drug-likeness (QED) is 0.859. The van der Waals surface area contributed by atoms with Crippen molar-refractivity contribution in [3.63, 3.8) is 0 Å². The van der Waals surface area contributed by atoms with E-state index in [1.807, 2.05) is 6.07 Å². The molecule has 0 fully saturated rings. The van der Waals surface area contributed by atoms with Gasteiger partial charge in [-0.1, -0.05) is 36.4 Å². The number of benzene rings is 1. The first-order valence-corrected chi connectivity index (χ1v) is 6.39. The van der Waals surface area contributed by atoms with E-state index < -0.39 is 0 Å². The zero-order valence-electron chi connectivity index (χ0n) is 9.52. The van der Waals surface area contributed by atoms with E-state index in [1.54, 1.807) is 11.3 Å². The molecule has 2 aromatic rings. The van der Waals surface area contributed by atoms with Crippen LogP contribution in [-0.2, 0) is 12.8 Å². The minimum atomic E-state index is -0.161. The smallest absolute Gasteiger partial charge is 0.0215 e. The van der Waals surface area contributed by atoms with E-state index in [2.05, 4.69) is 48.7 Å². The van der Waals surface area contributed by atoms with E-state index in [1.165, 1.54) is 10.4 Å². The molecule has 0 aliphatic heterocycles. The number of hydrogen-bond donors (Lipinski definition) is 1. The molecule has 1 heterocycles. The Morgan fingerprint density at radius 2 is 1.81 bits per heavy atom. The normalized spacial score (nSPS) is 14.6. The fourth-order valence-corrected chi connectivity index (χ4v) is 2.84. The highest BCUT2D eigenvalue weighted by atomic mass is 32.1. The third-order valence-electron chi connectivity index (χ3n) is 2.61. The van der Waals surface area contributed by atoms with Crippen LogP contribution in [0.5, 0.6) is 0 Å². The lowest BCUT2D eigenvalue weighted by atomic mass is 9.90. The monoisotopic (exact) mass is 231 g/mol. The van der Waals surface area contributed by atoms with Gasteiger partial charge in [-0.25, -0.2) is 0 Å². The van der Waals surface area contributed by atoms with Gasteiger partial charge < -0.3 is 5.73 Å². The maximum Gasteiger partial charge on any atom is 0.0215 e. The number of rotatable bonds is 4. The van der Waals surface area contributed by atoms with Crippen molar-refractivity contribution in [1.29, 1.82) is 0 Å². The van der Waals surface area contributed by atoms with Crippen LogP contribution < -0.4 is 5.73 Å². The summed E-state index contributed by atoms with van der Waals surface area (Å²) in [7, 11) is 0. The molecular formula is C14H17NS. The van der Waals surface area contributed by atoms with Gasteiger partial charge in [0.2, 0.25) is 0 Å². The molecule has 0 radical (unpaired) electrons. The Kier molecular flexibility index (Phi) is 3.42. The molecule has 0 aliphatic rings. The lowest BCUT2D eigenvalue weighted by Gasteiger charge is -2.24. The number of thiophene rings is 1. The summed E-state index contributed by atoms with van der Waals surface area (Å²) in [5, 5.41) is 2.11. The maximum absolute atomic E-state index is 6.35. The van der Waals surface area contributed by atoms with Crippen LogP contribution in [0.1, 0.15) is 17.4 Å². The molecule has 0 bridgehead atoms. The van der Waals surface area contributed by atoms with E-state index >= 15 is 0 Å². The van der Waals surface area contributed by atoms with Gasteiger partial charge in [-0.2, -0.15) is 0 Å². The van der Waals surface area contributed by atoms with Crippen LogP contribution in [0.3, 0.4) is 0 Å². The van der Waals surface area contributed by atoms with Gasteiger partial charge in [0.1, 0.15) is 0 Å². The van der Waals surface area contributed by atoms with E-state index in [-0.39, 0.29) is 5.54 Å². The molecule has 0 amide bonds. The molecule has 1 unspecified atom stereocenters. The number of nitrogens with two attached hydrogens (primary N) is 1. The van der Waals surface area contributed by atoms with Gasteiger partial charge in [0.25, 0.3) is 0 Å². The zero-order valence-corrected chi connectivity index (χ0v) is 10.3. The average Bonchev–Trinajstić information content (AvgIpc) is 2.70. The molecule has 0 saturated heterocycles. The molecule has 84 valence electrons. The summed E-state index contributed by atoms with van der Waals surface area (Å²) in [5.74, 6) is 0. The predicted molar refractivity (Wildman–Crippen MR) is 70.8 cm³/mol. The number of hydrogen-bond acceptors (Lipinski definition) is 2. The van der Waals surface area contributed by atoms with Gasteiger partial charge in [0, 0.05) is 10.4 Å². The second-order valence-electron chi connectivity index (χ2n) is 4.57. The zero-order chi connectivity index (χ0) is 11.4. The average molecular weight is 231 g/mol. The van der Waals surface area contributed by atoms with Crippen molar-refractivity contribution in [2.75, 3.05) is 0 Å². The molecule has 2 N–H and O–H groups in total. The van der Waals surface area contributed by atoms with Crippen molar-refractivity contribution in [3.8, 4) is 0 Å². The lowest BCUT2D eigenvalue weighted by Crippen LogP contribution is -2.40. The second kappa shape index (κ2) is 4.81. The van der Waals surface area contributed by atoms with E-state index in [0.717, 1.165) is 12.8 Å². The summed E-state index contributed by atoms with van der Waals surface area (Å²) in [5.41, 5.74) is 7.50. The van der Waals surface area contributed by atoms with Gasteiger partial charge in [0.15, 0.2) is 0 Å². The summed E-state index contributed by atoms with van der Waals surface area (Å²) in [4.78, 5) is 1.36. The van der Waals surface area contributed by atoms with E-state index in [0.29, 0.717) is 0 Å². The molecule has 1 aromatic carbocycles. The summed E-state index contributed by atoms with van der Waals surface area (Å²) in [6.07, 6.45) is 1.87. The minimum absolute atomic E-state index is 0.161. The van der Waals surface area contributed by atoms with Crippen LogP contribution in [0.15, 0.2) is 47.8 Å². The lowest BCUT2D eigenvalue weighted by molar-refractivity contribution is 0.466. The second-order valence-corrected chi connectivity index (χ2v) is 5.60. The molecule has 0 saturated carbocycles. The Morgan fingerprint density at radius 1 is 1.06 bits per heavy atom. The Morgan fingerprint density at radius 3 is 2.44 bits per heavy atom. The molecule has 0 aliphatic carbocycles. The van der Waals surface area contributed by atoms with Gasteiger partial charge in [-0.15, -0.1) is 11.3 Å². The van der Waals surface area contributed by atoms with Gasteiger partial charge in [-0.05, 0) is 36.8 Å². The van der Waals surface area contributed by atoms with Gasteiger partial charge in [-0.3, -0.25) is 0 Å². The van der Waals surface area contributed by atoms with E-state index in [9.17, 15) is 0 Å². The van der Waals surface area contributed by atoms with Crippen molar-refractivity contribution < 1.29 is 0 Å². The van der Waals surface area contributed by atoms with Crippen LogP contribution in [0.4, 0.5) is 0 Å².